The highest BCUT2D eigenvalue weighted by Crippen LogP contribution is 2.32. The average molecular weight is 294 g/mol. The van der Waals surface area contributed by atoms with E-state index in [1.807, 2.05) is 17.5 Å². The second kappa shape index (κ2) is 6.65. The van der Waals surface area contributed by atoms with Crippen molar-refractivity contribution < 1.29 is 10.2 Å². The fourth-order valence-corrected chi connectivity index (χ4v) is 3.36. The molecule has 0 spiro atoms. The lowest BCUT2D eigenvalue weighted by atomic mass is 9.86. The van der Waals surface area contributed by atoms with Crippen molar-refractivity contribution in [3.05, 3.63) is 40.6 Å². The van der Waals surface area contributed by atoms with Gasteiger partial charge in [-0.15, -0.1) is 11.3 Å². The van der Waals surface area contributed by atoms with E-state index in [1.165, 1.54) is 4.88 Å². The summed E-state index contributed by atoms with van der Waals surface area (Å²) in [6, 6.07) is 3.98. The molecule has 1 aromatic rings. The predicted molar refractivity (Wildman–Crippen MR) is 83.6 cm³/mol. The minimum atomic E-state index is -0.333. The molecule has 20 heavy (non-hydrogen) atoms. The van der Waals surface area contributed by atoms with Crippen LogP contribution in [-0.2, 0) is 0 Å². The molecular weight excluding hydrogens is 272 g/mol. The molecule has 0 fully saturated rings. The minimum absolute atomic E-state index is 0.0671. The fourth-order valence-electron chi connectivity index (χ4n) is 2.57. The lowest BCUT2D eigenvalue weighted by molar-refractivity contribution is 0.114. The summed E-state index contributed by atoms with van der Waals surface area (Å²) < 4.78 is 0. The summed E-state index contributed by atoms with van der Waals surface area (Å²) in [7, 11) is 0. The van der Waals surface area contributed by atoms with Gasteiger partial charge in [0.15, 0.2) is 0 Å². The number of hydrogen-bond donors (Lipinski definition) is 3. The first-order valence-corrected chi connectivity index (χ1v) is 7.67. The van der Waals surface area contributed by atoms with Gasteiger partial charge in [0.25, 0.3) is 0 Å². The third kappa shape index (κ3) is 3.19. The van der Waals surface area contributed by atoms with Crippen LogP contribution < -0.4 is 5.73 Å². The Morgan fingerprint density at radius 3 is 2.60 bits per heavy atom. The van der Waals surface area contributed by atoms with Crippen LogP contribution in [-0.4, -0.2) is 53.0 Å². The number of nitrogens with two attached hydrogens (primary N) is 1. The highest BCUT2D eigenvalue weighted by Gasteiger charge is 2.31. The zero-order chi connectivity index (χ0) is 14.6. The molecule has 1 aliphatic rings. The molecule has 2 unspecified atom stereocenters. The van der Waals surface area contributed by atoms with Gasteiger partial charge in [-0.05, 0) is 23.9 Å². The monoisotopic (exact) mass is 294 g/mol. The molecule has 2 rings (SSSR count). The van der Waals surface area contributed by atoms with Crippen LogP contribution >= 0.6 is 11.3 Å². The third-order valence-corrected chi connectivity index (χ3v) is 4.59. The van der Waals surface area contributed by atoms with Crippen molar-refractivity contribution in [2.75, 3.05) is 26.3 Å². The van der Waals surface area contributed by atoms with Crippen molar-refractivity contribution in [2.45, 2.75) is 18.5 Å². The number of thiophene rings is 1. The van der Waals surface area contributed by atoms with Crippen molar-refractivity contribution in [1.29, 1.82) is 0 Å². The van der Waals surface area contributed by atoms with Crippen LogP contribution in [0.2, 0.25) is 0 Å². The van der Waals surface area contributed by atoms with Crippen molar-refractivity contribution in [3.63, 3.8) is 0 Å². The van der Waals surface area contributed by atoms with Gasteiger partial charge in [0.1, 0.15) is 0 Å². The largest absolute Gasteiger partial charge is 0.395 e. The van der Waals surface area contributed by atoms with Gasteiger partial charge in [-0.1, -0.05) is 24.3 Å². The van der Waals surface area contributed by atoms with E-state index < -0.39 is 0 Å². The van der Waals surface area contributed by atoms with Crippen molar-refractivity contribution in [1.82, 2.24) is 4.90 Å². The van der Waals surface area contributed by atoms with E-state index in [4.69, 9.17) is 5.73 Å². The molecule has 0 saturated heterocycles. The summed E-state index contributed by atoms with van der Waals surface area (Å²) in [5.41, 5.74) is 6.94. The maximum absolute atomic E-state index is 9.22. The molecule has 4 nitrogen and oxygen atoms in total. The Bertz CT molecular complexity index is 478. The Hall–Kier alpha value is -0.980. The summed E-state index contributed by atoms with van der Waals surface area (Å²) in [5, 5.41) is 20.5. The van der Waals surface area contributed by atoms with Crippen molar-refractivity contribution >= 4 is 16.9 Å². The molecular formula is C15H22N2O2S. The number of rotatable bonds is 6. The van der Waals surface area contributed by atoms with E-state index in [0.29, 0.717) is 13.1 Å². The van der Waals surface area contributed by atoms with E-state index in [0.717, 1.165) is 5.57 Å². The van der Waals surface area contributed by atoms with Gasteiger partial charge in [0.05, 0.1) is 18.8 Å². The molecule has 5 heteroatoms. The van der Waals surface area contributed by atoms with Crippen LogP contribution in [0.3, 0.4) is 0 Å². The van der Waals surface area contributed by atoms with Crippen molar-refractivity contribution in [2.24, 2.45) is 5.73 Å². The second-order valence-electron chi connectivity index (χ2n) is 5.12. The Morgan fingerprint density at radius 2 is 2.05 bits per heavy atom. The van der Waals surface area contributed by atoms with Gasteiger partial charge in [-0.25, -0.2) is 0 Å². The molecule has 4 N–H and O–H groups in total. The van der Waals surface area contributed by atoms with E-state index in [1.54, 1.807) is 11.3 Å². The highest BCUT2D eigenvalue weighted by atomic mass is 32.1. The standard InChI is InChI=1S/C15H22N2O2S/c1-15(17(6-8-18)7-9-19)5-4-13(16)12(11-15)14-3-2-10-20-14/h2-5,10-11,13,18-19H,6-9,16H2,1H3. The van der Waals surface area contributed by atoms with Crippen LogP contribution in [0.25, 0.3) is 5.57 Å². The number of nitrogens with zero attached hydrogens (tertiary/aromatic N) is 1. The summed E-state index contributed by atoms with van der Waals surface area (Å²) in [4.78, 5) is 3.23. The number of hydrogen-bond acceptors (Lipinski definition) is 5. The van der Waals surface area contributed by atoms with Crippen LogP contribution in [0.1, 0.15) is 11.8 Å². The molecule has 0 bridgehead atoms. The third-order valence-electron chi connectivity index (χ3n) is 3.67. The molecule has 1 aromatic heterocycles. The van der Waals surface area contributed by atoms with Gasteiger partial charge in [0.2, 0.25) is 0 Å². The molecule has 1 aliphatic carbocycles. The van der Waals surface area contributed by atoms with Gasteiger partial charge >= 0.3 is 0 Å². The number of aliphatic hydroxyl groups is 2. The first-order chi connectivity index (χ1) is 9.60. The van der Waals surface area contributed by atoms with E-state index in [9.17, 15) is 10.2 Å². The molecule has 0 aliphatic heterocycles. The van der Waals surface area contributed by atoms with E-state index in [-0.39, 0.29) is 24.8 Å². The predicted octanol–water partition coefficient (Wildman–Crippen LogP) is 1.07. The topological polar surface area (TPSA) is 69.7 Å². The van der Waals surface area contributed by atoms with E-state index in [2.05, 4.69) is 30.0 Å². The summed E-state index contributed by atoms with van der Waals surface area (Å²) in [6.07, 6.45) is 6.20. The minimum Gasteiger partial charge on any atom is -0.395 e. The maximum atomic E-state index is 9.22. The first kappa shape index (κ1) is 15.4. The SMILES string of the molecule is CC1(N(CCO)CCO)C=CC(N)C(c2cccs2)=C1. The van der Waals surface area contributed by atoms with Gasteiger partial charge in [0, 0.05) is 24.0 Å². The molecule has 0 aromatic carbocycles. The quantitative estimate of drug-likeness (QED) is 0.687. The lowest BCUT2D eigenvalue weighted by Gasteiger charge is -2.39. The summed E-state index contributed by atoms with van der Waals surface area (Å²) in [5.74, 6) is 0. The lowest BCUT2D eigenvalue weighted by Crippen LogP contribution is -2.48. The highest BCUT2D eigenvalue weighted by molar-refractivity contribution is 7.11. The van der Waals surface area contributed by atoms with Gasteiger partial charge in [-0.3, -0.25) is 4.90 Å². The summed E-state index contributed by atoms with van der Waals surface area (Å²) >= 11 is 1.67. The Labute approximate surface area is 123 Å². The average Bonchev–Trinajstić information content (AvgIpc) is 2.95. The maximum Gasteiger partial charge on any atom is 0.0558 e. The van der Waals surface area contributed by atoms with Gasteiger partial charge in [-0.2, -0.15) is 0 Å². The van der Waals surface area contributed by atoms with Crippen LogP contribution in [0.5, 0.6) is 0 Å². The molecule has 1 heterocycles. The molecule has 110 valence electrons. The number of aliphatic hydroxyl groups excluding tert-OH is 2. The zero-order valence-corrected chi connectivity index (χ0v) is 12.5. The fraction of sp³-hybridized carbons (Fsp3) is 0.467. The molecule has 0 amide bonds. The first-order valence-electron chi connectivity index (χ1n) is 6.79. The van der Waals surface area contributed by atoms with E-state index >= 15 is 0 Å². The molecule has 0 radical (unpaired) electrons. The normalized spacial score (nSPS) is 26.1. The number of β-amino-alcohol motifs (C(OH)–C–C–N with tert-alkyl or cyclic N) is 2. The molecule has 0 saturated carbocycles. The second-order valence-corrected chi connectivity index (χ2v) is 6.07. The van der Waals surface area contributed by atoms with Crippen LogP contribution in [0, 0.1) is 0 Å². The smallest absolute Gasteiger partial charge is 0.0558 e. The Kier molecular flexibility index (Phi) is 5.12. The Balaban J connectivity index is 2.32. The van der Waals surface area contributed by atoms with Gasteiger partial charge < -0.3 is 15.9 Å². The van der Waals surface area contributed by atoms with Crippen molar-refractivity contribution in [3.8, 4) is 0 Å². The zero-order valence-electron chi connectivity index (χ0n) is 11.7. The van der Waals surface area contributed by atoms with Crippen LogP contribution in [0.15, 0.2) is 35.7 Å². The Morgan fingerprint density at radius 1 is 1.35 bits per heavy atom. The van der Waals surface area contributed by atoms with Crippen LogP contribution in [0.4, 0.5) is 0 Å². The summed E-state index contributed by atoms with van der Waals surface area (Å²) in [6.45, 7) is 3.25. The molecule has 2 atom stereocenters.